The fraction of sp³-hybridized carbons (Fsp3) is 0.412. The summed E-state index contributed by atoms with van der Waals surface area (Å²) in [5.41, 5.74) is -0.231. The lowest BCUT2D eigenvalue weighted by atomic mass is 9.84. The number of nitrogens with one attached hydrogen (secondary N) is 2. The second kappa shape index (κ2) is 9.19. The number of carboxylic acid groups (broad SMARTS) is 2. The third kappa shape index (κ3) is 6.36. The van der Waals surface area contributed by atoms with Crippen LogP contribution in [0.25, 0.3) is 0 Å². The van der Waals surface area contributed by atoms with Crippen molar-refractivity contribution in [2.75, 3.05) is 6.54 Å². The lowest BCUT2D eigenvalue weighted by Crippen LogP contribution is -2.48. The first kappa shape index (κ1) is 21.4. The Morgan fingerprint density at radius 2 is 1.69 bits per heavy atom. The Kier molecular flexibility index (Phi) is 7.57. The summed E-state index contributed by atoms with van der Waals surface area (Å²) >= 11 is 5.83. The van der Waals surface area contributed by atoms with Crippen LogP contribution in [0, 0.1) is 0 Å². The molecule has 0 aliphatic heterocycles. The Morgan fingerprint density at radius 1 is 1.12 bits per heavy atom. The monoisotopic (exact) mass is 384 g/mol. The number of halogens is 1. The first-order valence-electron chi connectivity index (χ1n) is 7.82. The second-order valence-electron chi connectivity index (χ2n) is 6.21. The average Bonchev–Trinajstić information content (AvgIpc) is 2.56. The largest absolute Gasteiger partial charge is 0.481 e. The predicted octanol–water partition coefficient (Wildman–Crippen LogP) is 1.17. The van der Waals surface area contributed by atoms with Crippen LogP contribution < -0.4 is 10.6 Å². The molecule has 1 aromatic rings. The zero-order valence-electron chi connectivity index (χ0n) is 14.4. The normalized spacial score (nSPS) is 12.1. The minimum atomic E-state index is -1.34. The molecule has 1 atom stereocenters. The molecule has 26 heavy (non-hydrogen) atoms. The van der Waals surface area contributed by atoms with Crippen LogP contribution in [0.15, 0.2) is 24.3 Å². The molecule has 0 saturated carbocycles. The van der Waals surface area contributed by atoms with Crippen molar-refractivity contribution in [3.05, 3.63) is 34.9 Å². The molecule has 0 saturated heterocycles. The summed E-state index contributed by atoms with van der Waals surface area (Å²) in [6.07, 6.45) is -0.645. The highest BCUT2D eigenvalue weighted by Gasteiger charge is 2.30. The fourth-order valence-electron chi connectivity index (χ4n) is 2.15. The Morgan fingerprint density at radius 3 is 2.19 bits per heavy atom. The van der Waals surface area contributed by atoms with E-state index in [-0.39, 0.29) is 6.42 Å². The minimum absolute atomic E-state index is 0.249. The fourth-order valence-corrected chi connectivity index (χ4v) is 2.28. The summed E-state index contributed by atoms with van der Waals surface area (Å²) in [6.45, 7) is 2.93. The molecule has 0 aliphatic carbocycles. The van der Waals surface area contributed by atoms with Gasteiger partial charge < -0.3 is 20.8 Å². The van der Waals surface area contributed by atoms with E-state index in [0.29, 0.717) is 10.6 Å². The molecule has 1 rings (SSSR count). The average molecular weight is 385 g/mol. The van der Waals surface area contributed by atoms with Crippen LogP contribution in [0.1, 0.15) is 32.3 Å². The van der Waals surface area contributed by atoms with Crippen LogP contribution in [-0.2, 0) is 24.6 Å². The molecule has 1 aromatic carbocycles. The quantitative estimate of drug-likeness (QED) is 0.505. The van der Waals surface area contributed by atoms with E-state index in [1.165, 1.54) is 0 Å². The number of aliphatic carboxylic acids is 2. The van der Waals surface area contributed by atoms with Gasteiger partial charge in [0.25, 0.3) is 0 Å². The molecular formula is C17H21ClN2O6. The standard InChI is InChI=1S/C17H21ClN2O6/c1-17(2,10-3-5-11(18)6-4-10)16(26)19-9-13(21)20-12(15(24)25)7-8-14(22)23/h3-6,12H,7-9H2,1-2H3,(H,19,26)(H,20,21)(H,22,23)(H,24,25)/t12-/m1/s1. The van der Waals surface area contributed by atoms with E-state index in [1.54, 1.807) is 38.1 Å². The van der Waals surface area contributed by atoms with Crippen LogP contribution in [-0.4, -0.2) is 46.6 Å². The van der Waals surface area contributed by atoms with E-state index in [9.17, 15) is 19.2 Å². The third-order valence-electron chi connectivity index (χ3n) is 3.82. The molecule has 8 nitrogen and oxygen atoms in total. The Bertz CT molecular complexity index is 687. The molecule has 142 valence electrons. The Labute approximate surface area is 155 Å². The Balaban J connectivity index is 2.61. The van der Waals surface area contributed by atoms with Crippen molar-refractivity contribution in [3.63, 3.8) is 0 Å². The first-order valence-corrected chi connectivity index (χ1v) is 8.20. The number of amides is 2. The first-order chi connectivity index (χ1) is 12.0. The molecule has 0 unspecified atom stereocenters. The molecule has 9 heteroatoms. The van der Waals surface area contributed by atoms with Gasteiger partial charge in [-0.25, -0.2) is 4.79 Å². The van der Waals surface area contributed by atoms with E-state index >= 15 is 0 Å². The summed E-state index contributed by atoms with van der Waals surface area (Å²) in [6, 6.07) is 5.37. The molecule has 4 N–H and O–H groups in total. The lowest BCUT2D eigenvalue weighted by Gasteiger charge is -2.24. The van der Waals surface area contributed by atoms with Gasteiger partial charge in [0.1, 0.15) is 6.04 Å². The van der Waals surface area contributed by atoms with Gasteiger partial charge in [0.2, 0.25) is 11.8 Å². The molecule has 0 heterocycles. The van der Waals surface area contributed by atoms with E-state index in [1.807, 2.05) is 0 Å². The van der Waals surface area contributed by atoms with Gasteiger partial charge in [-0.1, -0.05) is 23.7 Å². The van der Waals surface area contributed by atoms with Gasteiger partial charge in [-0.15, -0.1) is 0 Å². The molecular weight excluding hydrogens is 364 g/mol. The number of carbonyl (C=O) groups is 4. The minimum Gasteiger partial charge on any atom is -0.481 e. The molecule has 0 bridgehead atoms. The van der Waals surface area contributed by atoms with E-state index in [2.05, 4.69) is 10.6 Å². The van der Waals surface area contributed by atoms with Gasteiger partial charge >= 0.3 is 11.9 Å². The summed E-state index contributed by atoms with van der Waals surface area (Å²) in [5.74, 6) is -3.65. The second-order valence-corrected chi connectivity index (χ2v) is 6.64. The smallest absolute Gasteiger partial charge is 0.326 e. The van der Waals surface area contributed by atoms with Crippen molar-refractivity contribution in [1.29, 1.82) is 0 Å². The lowest BCUT2D eigenvalue weighted by molar-refractivity contribution is -0.143. The van der Waals surface area contributed by atoms with E-state index < -0.39 is 48.2 Å². The highest BCUT2D eigenvalue weighted by molar-refractivity contribution is 6.30. The zero-order chi connectivity index (χ0) is 19.9. The number of benzene rings is 1. The number of carbonyl (C=O) groups excluding carboxylic acids is 2. The van der Waals surface area contributed by atoms with Crippen molar-refractivity contribution in [2.24, 2.45) is 0 Å². The highest BCUT2D eigenvalue weighted by Crippen LogP contribution is 2.24. The molecule has 0 fully saturated rings. The number of rotatable bonds is 9. The van der Waals surface area contributed by atoms with Gasteiger partial charge in [0.15, 0.2) is 0 Å². The summed E-state index contributed by atoms with van der Waals surface area (Å²) in [4.78, 5) is 45.8. The van der Waals surface area contributed by atoms with Crippen molar-refractivity contribution in [1.82, 2.24) is 10.6 Å². The van der Waals surface area contributed by atoms with Gasteiger partial charge in [-0.2, -0.15) is 0 Å². The van der Waals surface area contributed by atoms with E-state index in [4.69, 9.17) is 21.8 Å². The van der Waals surface area contributed by atoms with Crippen molar-refractivity contribution >= 4 is 35.4 Å². The zero-order valence-corrected chi connectivity index (χ0v) is 15.2. The summed E-state index contributed by atoms with van der Waals surface area (Å²) in [5, 5.41) is 22.8. The molecule has 0 spiro atoms. The van der Waals surface area contributed by atoms with Crippen LogP contribution in [0.4, 0.5) is 0 Å². The number of carboxylic acids is 2. The van der Waals surface area contributed by atoms with Crippen LogP contribution in [0.5, 0.6) is 0 Å². The Hall–Kier alpha value is -2.61. The molecule has 0 aromatic heterocycles. The highest BCUT2D eigenvalue weighted by atomic mass is 35.5. The SMILES string of the molecule is CC(C)(C(=O)NCC(=O)N[C@H](CCC(=O)O)C(=O)O)c1ccc(Cl)cc1. The van der Waals surface area contributed by atoms with Gasteiger partial charge in [0, 0.05) is 11.4 Å². The molecule has 0 radical (unpaired) electrons. The van der Waals surface area contributed by atoms with E-state index in [0.717, 1.165) is 0 Å². The number of hydrogen-bond donors (Lipinski definition) is 4. The third-order valence-corrected chi connectivity index (χ3v) is 4.08. The van der Waals surface area contributed by atoms with Crippen molar-refractivity contribution in [3.8, 4) is 0 Å². The summed E-state index contributed by atoms with van der Waals surface area (Å²) in [7, 11) is 0. The van der Waals surface area contributed by atoms with Crippen molar-refractivity contribution in [2.45, 2.75) is 38.1 Å². The van der Waals surface area contributed by atoms with Gasteiger partial charge in [0.05, 0.1) is 12.0 Å². The maximum absolute atomic E-state index is 12.4. The maximum atomic E-state index is 12.4. The van der Waals surface area contributed by atoms with Crippen LogP contribution in [0.2, 0.25) is 5.02 Å². The molecule has 2 amide bonds. The van der Waals surface area contributed by atoms with Crippen molar-refractivity contribution < 1.29 is 29.4 Å². The van der Waals surface area contributed by atoms with Crippen LogP contribution >= 0.6 is 11.6 Å². The predicted molar refractivity (Wildman–Crippen MR) is 93.9 cm³/mol. The van der Waals surface area contributed by atoms with Crippen LogP contribution in [0.3, 0.4) is 0 Å². The number of hydrogen-bond acceptors (Lipinski definition) is 4. The topological polar surface area (TPSA) is 133 Å². The summed E-state index contributed by atoms with van der Waals surface area (Å²) < 4.78 is 0. The maximum Gasteiger partial charge on any atom is 0.326 e. The van der Waals surface area contributed by atoms with Gasteiger partial charge in [-0.3, -0.25) is 14.4 Å². The molecule has 0 aliphatic rings. The van der Waals surface area contributed by atoms with Gasteiger partial charge in [-0.05, 0) is 38.0 Å².